The summed E-state index contributed by atoms with van der Waals surface area (Å²) in [6.07, 6.45) is 8.64. The van der Waals surface area contributed by atoms with Crippen molar-refractivity contribution in [3.05, 3.63) is 47.3 Å². The molecule has 1 nitrogen and oxygen atoms in total. The van der Waals surface area contributed by atoms with E-state index in [2.05, 4.69) is 11.4 Å². The molecule has 1 aliphatic carbocycles. The van der Waals surface area contributed by atoms with Gasteiger partial charge in [-0.2, -0.15) is 0 Å². The number of hydrogen-bond donors (Lipinski definition) is 1. The van der Waals surface area contributed by atoms with Crippen LogP contribution in [0.5, 0.6) is 0 Å². The summed E-state index contributed by atoms with van der Waals surface area (Å²) in [5.74, 6) is -0.114. The predicted molar refractivity (Wildman–Crippen MR) is 69.3 cm³/mol. The molecule has 1 aliphatic rings. The van der Waals surface area contributed by atoms with Gasteiger partial charge in [-0.1, -0.05) is 29.8 Å². The second-order valence-corrected chi connectivity index (χ2v) is 4.63. The van der Waals surface area contributed by atoms with Gasteiger partial charge < -0.3 is 5.32 Å². The first kappa shape index (κ1) is 12.3. The van der Waals surface area contributed by atoms with E-state index >= 15 is 0 Å². The Bertz CT molecular complexity index is 384. The molecule has 0 unspecified atom stereocenters. The van der Waals surface area contributed by atoms with Crippen molar-refractivity contribution in [2.24, 2.45) is 0 Å². The maximum atomic E-state index is 13.3. The van der Waals surface area contributed by atoms with Crippen LogP contribution in [0.1, 0.15) is 37.7 Å². The van der Waals surface area contributed by atoms with Gasteiger partial charge in [-0.05, 0) is 44.7 Å². The van der Waals surface area contributed by atoms with Crippen molar-refractivity contribution in [1.82, 2.24) is 5.32 Å². The summed E-state index contributed by atoms with van der Waals surface area (Å²) in [7, 11) is 0. The maximum Gasteiger partial charge on any atom is 0.127 e. The second kappa shape index (κ2) is 6.55. The van der Waals surface area contributed by atoms with Crippen molar-refractivity contribution < 1.29 is 4.39 Å². The number of halogens is 1. The third-order valence-electron chi connectivity index (χ3n) is 3.28. The molecule has 0 aliphatic heterocycles. The summed E-state index contributed by atoms with van der Waals surface area (Å²) in [5, 5.41) is 3.31. The first-order valence-electron chi connectivity index (χ1n) is 6.48. The van der Waals surface area contributed by atoms with E-state index in [1.54, 1.807) is 11.6 Å². The molecule has 1 N–H and O–H groups in total. The van der Waals surface area contributed by atoms with Crippen LogP contribution < -0.4 is 5.32 Å². The van der Waals surface area contributed by atoms with Gasteiger partial charge in [-0.3, -0.25) is 0 Å². The molecule has 0 saturated heterocycles. The van der Waals surface area contributed by atoms with Crippen LogP contribution in [0.3, 0.4) is 0 Å². The van der Waals surface area contributed by atoms with Gasteiger partial charge in [0, 0.05) is 12.1 Å². The average molecular weight is 233 g/mol. The van der Waals surface area contributed by atoms with Gasteiger partial charge in [0.2, 0.25) is 0 Å². The molecule has 0 fully saturated rings. The second-order valence-electron chi connectivity index (χ2n) is 4.63. The highest BCUT2D eigenvalue weighted by Gasteiger charge is 2.03. The van der Waals surface area contributed by atoms with Crippen LogP contribution in [0.4, 0.5) is 4.39 Å². The zero-order valence-corrected chi connectivity index (χ0v) is 10.2. The van der Waals surface area contributed by atoms with Crippen LogP contribution in [0.2, 0.25) is 0 Å². The monoisotopic (exact) mass is 233 g/mol. The predicted octanol–water partition coefficient (Wildman–Crippen LogP) is 3.81. The molecule has 17 heavy (non-hydrogen) atoms. The van der Waals surface area contributed by atoms with Crippen molar-refractivity contribution >= 4 is 0 Å². The fraction of sp³-hybridized carbons (Fsp3) is 0.467. The topological polar surface area (TPSA) is 12.0 Å². The lowest BCUT2D eigenvalue weighted by molar-refractivity contribution is 0.582. The van der Waals surface area contributed by atoms with E-state index in [0.717, 1.165) is 18.5 Å². The number of rotatable bonds is 5. The molecule has 0 aromatic heterocycles. The zero-order valence-electron chi connectivity index (χ0n) is 10.2. The van der Waals surface area contributed by atoms with Gasteiger partial charge in [0.25, 0.3) is 0 Å². The van der Waals surface area contributed by atoms with Gasteiger partial charge >= 0.3 is 0 Å². The molecular formula is C15H20FN. The van der Waals surface area contributed by atoms with Crippen LogP contribution >= 0.6 is 0 Å². The van der Waals surface area contributed by atoms with Crippen LogP contribution in [0.15, 0.2) is 35.9 Å². The Morgan fingerprint density at radius 3 is 2.82 bits per heavy atom. The van der Waals surface area contributed by atoms with Crippen molar-refractivity contribution in [2.45, 2.75) is 38.6 Å². The smallest absolute Gasteiger partial charge is 0.127 e. The Labute approximate surface area is 103 Å². The van der Waals surface area contributed by atoms with Gasteiger partial charge in [0.05, 0.1) is 0 Å². The summed E-state index contributed by atoms with van der Waals surface area (Å²) in [6, 6.07) is 6.96. The molecule has 0 radical (unpaired) electrons. The highest BCUT2D eigenvalue weighted by atomic mass is 19.1. The number of allylic oxidation sites excluding steroid dienone is 1. The molecule has 0 spiro atoms. The lowest BCUT2D eigenvalue weighted by Gasteiger charge is -2.13. The standard InChI is InChI=1S/C15H20FN/c16-15-9-5-4-8-14(15)12-17-11-10-13-6-2-1-3-7-13/h4-6,8-9,17H,1-3,7,10-12H2. The van der Waals surface area contributed by atoms with E-state index < -0.39 is 0 Å². The normalized spacial score (nSPS) is 15.7. The highest BCUT2D eigenvalue weighted by molar-refractivity contribution is 5.17. The molecule has 0 bridgehead atoms. The van der Waals surface area contributed by atoms with Crippen LogP contribution in [0, 0.1) is 5.82 Å². The molecular weight excluding hydrogens is 213 g/mol. The van der Waals surface area contributed by atoms with E-state index in [1.165, 1.54) is 31.7 Å². The largest absolute Gasteiger partial charge is 0.312 e. The minimum atomic E-state index is -0.114. The molecule has 2 rings (SSSR count). The fourth-order valence-corrected chi connectivity index (χ4v) is 2.25. The lowest BCUT2D eigenvalue weighted by Crippen LogP contribution is -2.16. The van der Waals surface area contributed by atoms with Gasteiger partial charge in [0.15, 0.2) is 0 Å². The SMILES string of the molecule is Fc1ccccc1CNCCC1=CCCCC1. The summed E-state index contributed by atoms with van der Waals surface area (Å²) >= 11 is 0. The average Bonchev–Trinajstić information content (AvgIpc) is 2.38. The summed E-state index contributed by atoms with van der Waals surface area (Å²) < 4.78 is 13.3. The van der Waals surface area contributed by atoms with E-state index in [0.29, 0.717) is 6.54 Å². The third kappa shape index (κ3) is 3.97. The quantitative estimate of drug-likeness (QED) is 0.602. The van der Waals surface area contributed by atoms with Crippen molar-refractivity contribution in [3.8, 4) is 0 Å². The van der Waals surface area contributed by atoms with Crippen molar-refractivity contribution in [3.63, 3.8) is 0 Å². The van der Waals surface area contributed by atoms with Gasteiger partial charge in [-0.25, -0.2) is 4.39 Å². The Morgan fingerprint density at radius 1 is 1.18 bits per heavy atom. The van der Waals surface area contributed by atoms with E-state index in [1.807, 2.05) is 12.1 Å². The zero-order chi connectivity index (χ0) is 11.9. The van der Waals surface area contributed by atoms with Gasteiger partial charge in [0.1, 0.15) is 5.82 Å². The first-order valence-corrected chi connectivity index (χ1v) is 6.48. The Morgan fingerprint density at radius 2 is 2.06 bits per heavy atom. The van der Waals surface area contributed by atoms with Crippen molar-refractivity contribution in [2.75, 3.05) is 6.54 Å². The minimum Gasteiger partial charge on any atom is -0.312 e. The fourth-order valence-electron chi connectivity index (χ4n) is 2.25. The number of benzene rings is 1. The third-order valence-corrected chi connectivity index (χ3v) is 3.28. The number of nitrogens with one attached hydrogen (secondary N) is 1. The van der Waals surface area contributed by atoms with Crippen molar-refractivity contribution in [1.29, 1.82) is 0 Å². The summed E-state index contributed by atoms with van der Waals surface area (Å²) in [6.45, 7) is 1.57. The minimum absolute atomic E-state index is 0.114. The molecule has 92 valence electrons. The van der Waals surface area contributed by atoms with Crippen LogP contribution in [-0.2, 0) is 6.54 Å². The Hall–Kier alpha value is -1.15. The van der Waals surface area contributed by atoms with E-state index in [-0.39, 0.29) is 5.82 Å². The molecule has 0 saturated carbocycles. The maximum absolute atomic E-state index is 13.3. The van der Waals surface area contributed by atoms with Crippen LogP contribution in [-0.4, -0.2) is 6.54 Å². The summed E-state index contributed by atoms with van der Waals surface area (Å²) in [4.78, 5) is 0. The molecule has 1 aromatic carbocycles. The van der Waals surface area contributed by atoms with E-state index in [4.69, 9.17) is 0 Å². The Kier molecular flexibility index (Phi) is 4.75. The first-order chi connectivity index (χ1) is 8.36. The molecule has 0 atom stereocenters. The Balaban J connectivity index is 1.69. The highest BCUT2D eigenvalue weighted by Crippen LogP contribution is 2.19. The molecule has 1 aromatic rings. The van der Waals surface area contributed by atoms with Crippen LogP contribution in [0.25, 0.3) is 0 Å². The van der Waals surface area contributed by atoms with E-state index in [9.17, 15) is 4.39 Å². The van der Waals surface area contributed by atoms with Gasteiger partial charge in [-0.15, -0.1) is 0 Å². The molecule has 2 heteroatoms. The summed E-state index contributed by atoms with van der Waals surface area (Å²) in [5.41, 5.74) is 2.32. The lowest BCUT2D eigenvalue weighted by atomic mass is 9.97. The molecule has 0 heterocycles. The number of hydrogen-bond acceptors (Lipinski definition) is 1. The molecule has 0 amide bonds.